The topological polar surface area (TPSA) is 12.9 Å². The van der Waals surface area contributed by atoms with Gasteiger partial charge >= 0.3 is 6.18 Å². The standard InChI is InChI=1S/C22H17F3NPS/c1-3-27(4-2)18-11-7-16(8-12-18)20-6-5-15-26-21(20)28-19-13-9-17(10-14-19)22(23,24)25/h3-15H,1-2H2. The van der Waals surface area contributed by atoms with Crippen molar-refractivity contribution >= 4 is 25.0 Å². The predicted octanol–water partition coefficient (Wildman–Crippen LogP) is 7.31. The normalized spacial score (nSPS) is 11.4. The molecule has 0 amide bonds. The zero-order chi connectivity index (χ0) is 20.1. The summed E-state index contributed by atoms with van der Waals surface area (Å²) in [5, 5.41) is 1.90. The minimum Gasteiger partial charge on any atom is -0.249 e. The molecule has 28 heavy (non-hydrogen) atoms. The Balaban J connectivity index is 1.87. The quantitative estimate of drug-likeness (QED) is 0.392. The van der Waals surface area contributed by atoms with E-state index in [1.807, 2.05) is 48.0 Å². The molecule has 3 aromatic rings. The molecule has 2 aromatic carbocycles. The van der Waals surface area contributed by atoms with E-state index in [1.54, 1.807) is 6.20 Å². The van der Waals surface area contributed by atoms with E-state index < -0.39 is 19.7 Å². The van der Waals surface area contributed by atoms with E-state index in [4.69, 9.17) is 0 Å². The maximum absolute atomic E-state index is 12.7. The second-order valence-electron chi connectivity index (χ2n) is 5.80. The van der Waals surface area contributed by atoms with Gasteiger partial charge in [0, 0.05) is 16.7 Å². The summed E-state index contributed by atoms with van der Waals surface area (Å²) in [5.74, 6) is 3.79. The first-order valence-corrected chi connectivity index (χ1v) is 10.7. The Kier molecular flexibility index (Phi) is 6.38. The zero-order valence-electron chi connectivity index (χ0n) is 14.9. The van der Waals surface area contributed by atoms with Crippen LogP contribution in [0.1, 0.15) is 5.56 Å². The van der Waals surface area contributed by atoms with Gasteiger partial charge in [0.15, 0.2) is 0 Å². The van der Waals surface area contributed by atoms with Crippen LogP contribution >= 0.6 is 19.7 Å². The van der Waals surface area contributed by atoms with Crippen molar-refractivity contribution in [1.82, 2.24) is 4.98 Å². The Morgan fingerprint density at radius 2 is 1.54 bits per heavy atom. The number of nitrogens with zero attached hydrogens (tertiary/aromatic N) is 1. The lowest BCUT2D eigenvalue weighted by Crippen LogP contribution is -2.03. The molecule has 0 aliphatic carbocycles. The fourth-order valence-corrected chi connectivity index (χ4v) is 4.58. The lowest BCUT2D eigenvalue weighted by molar-refractivity contribution is -0.137. The van der Waals surface area contributed by atoms with Crippen LogP contribution in [0.3, 0.4) is 0 Å². The van der Waals surface area contributed by atoms with Crippen molar-refractivity contribution in [1.29, 1.82) is 0 Å². The first kappa shape index (κ1) is 20.4. The van der Waals surface area contributed by atoms with E-state index >= 15 is 0 Å². The fourth-order valence-electron chi connectivity index (χ4n) is 2.61. The van der Waals surface area contributed by atoms with E-state index in [-0.39, 0.29) is 0 Å². The highest BCUT2D eigenvalue weighted by atomic mass is 32.2. The maximum atomic E-state index is 12.7. The molecule has 6 heteroatoms. The minimum atomic E-state index is -4.34. The SMILES string of the molecule is C=CP(C=C)c1ccc(-c2cccnc2Sc2ccc(C(F)(F)F)cc2)cc1. The van der Waals surface area contributed by atoms with Gasteiger partial charge in [-0.3, -0.25) is 0 Å². The number of pyridine rings is 1. The molecule has 3 rings (SSSR count). The van der Waals surface area contributed by atoms with Gasteiger partial charge in [-0.05, 0) is 49.1 Å². The third kappa shape index (κ3) is 4.73. The molecule has 0 unspecified atom stereocenters. The third-order valence-electron chi connectivity index (χ3n) is 4.04. The second-order valence-corrected chi connectivity index (χ2v) is 8.92. The molecule has 0 aliphatic rings. The maximum Gasteiger partial charge on any atom is 0.416 e. The Bertz CT molecular complexity index is 958. The van der Waals surface area contributed by atoms with Gasteiger partial charge in [-0.1, -0.05) is 66.9 Å². The largest absolute Gasteiger partial charge is 0.416 e. The second kappa shape index (κ2) is 8.76. The number of rotatable bonds is 6. The van der Waals surface area contributed by atoms with Crippen LogP contribution in [-0.4, -0.2) is 4.98 Å². The van der Waals surface area contributed by atoms with Crippen molar-refractivity contribution in [3.63, 3.8) is 0 Å². The summed E-state index contributed by atoms with van der Waals surface area (Å²) >= 11 is 1.34. The number of benzene rings is 2. The first-order chi connectivity index (χ1) is 13.4. The van der Waals surface area contributed by atoms with Gasteiger partial charge in [-0.2, -0.15) is 13.2 Å². The zero-order valence-corrected chi connectivity index (χ0v) is 16.6. The van der Waals surface area contributed by atoms with Crippen molar-refractivity contribution in [2.24, 2.45) is 0 Å². The average Bonchev–Trinajstić information content (AvgIpc) is 2.70. The van der Waals surface area contributed by atoms with Crippen LogP contribution in [0.5, 0.6) is 0 Å². The summed E-state index contributed by atoms with van der Waals surface area (Å²) in [4.78, 5) is 5.12. The van der Waals surface area contributed by atoms with Crippen molar-refractivity contribution < 1.29 is 13.2 Å². The molecule has 142 valence electrons. The van der Waals surface area contributed by atoms with Crippen LogP contribution < -0.4 is 5.30 Å². The van der Waals surface area contributed by atoms with Crippen molar-refractivity contribution in [3.05, 3.63) is 97.2 Å². The minimum absolute atomic E-state index is 0.578. The van der Waals surface area contributed by atoms with E-state index in [9.17, 15) is 13.2 Å². The lowest BCUT2D eigenvalue weighted by atomic mass is 10.1. The number of halogens is 3. The first-order valence-electron chi connectivity index (χ1n) is 8.36. The summed E-state index contributed by atoms with van der Waals surface area (Å²) in [6.07, 6.45) is -2.66. The number of hydrogen-bond acceptors (Lipinski definition) is 2. The molecular formula is C22H17F3NPS. The molecule has 1 nitrogen and oxygen atoms in total. The highest BCUT2D eigenvalue weighted by Crippen LogP contribution is 2.38. The molecule has 0 bridgehead atoms. The van der Waals surface area contributed by atoms with Crippen molar-refractivity contribution in [3.8, 4) is 11.1 Å². The Morgan fingerprint density at radius 1 is 0.893 bits per heavy atom. The molecule has 0 saturated heterocycles. The van der Waals surface area contributed by atoms with E-state index in [1.165, 1.54) is 23.9 Å². The third-order valence-corrected chi connectivity index (χ3v) is 6.74. The highest BCUT2D eigenvalue weighted by molar-refractivity contribution is 7.99. The molecule has 0 spiro atoms. The predicted molar refractivity (Wildman–Crippen MR) is 112 cm³/mol. The van der Waals surface area contributed by atoms with E-state index in [0.29, 0.717) is 4.90 Å². The number of aromatic nitrogens is 1. The van der Waals surface area contributed by atoms with Gasteiger partial charge in [0.25, 0.3) is 0 Å². The smallest absolute Gasteiger partial charge is 0.249 e. The summed E-state index contributed by atoms with van der Waals surface area (Å²) in [6, 6.07) is 17.1. The van der Waals surface area contributed by atoms with Crippen LogP contribution in [0.4, 0.5) is 13.2 Å². The molecular weight excluding hydrogens is 398 g/mol. The summed E-state index contributed by atoms with van der Waals surface area (Å²) < 4.78 is 38.2. The Labute approximate surface area is 167 Å². The molecule has 0 aliphatic heterocycles. The van der Waals surface area contributed by atoms with Crippen LogP contribution in [0.2, 0.25) is 0 Å². The summed E-state index contributed by atoms with van der Waals surface area (Å²) in [7, 11) is -0.578. The molecule has 0 saturated carbocycles. The van der Waals surface area contributed by atoms with Crippen molar-refractivity contribution in [2.75, 3.05) is 0 Å². The van der Waals surface area contributed by atoms with Gasteiger partial charge in [0.05, 0.1) is 5.56 Å². The highest BCUT2D eigenvalue weighted by Gasteiger charge is 2.30. The van der Waals surface area contributed by atoms with E-state index in [2.05, 4.69) is 18.1 Å². The molecule has 1 heterocycles. The monoisotopic (exact) mass is 415 g/mol. The molecule has 0 radical (unpaired) electrons. The van der Waals surface area contributed by atoms with Gasteiger partial charge in [0.1, 0.15) is 5.03 Å². The van der Waals surface area contributed by atoms with Crippen molar-refractivity contribution in [2.45, 2.75) is 16.1 Å². The summed E-state index contributed by atoms with van der Waals surface area (Å²) in [5.41, 5.74) is 1.27. The molecule has 0 atom stereocenters. The van der Waals surface area contributed by atoms with Gasteiger partial charge < -0.3 is 0 Å². The molecule has 0 fully saturated rings. The van der Waals surface area contributed by atoms with Crippen LogP contribution in [0, 0.1) is 0 Å². The van der Waals surface area contributed by atoms with E-state index in [0.717, 1.165) is 33.6 Å². The summed E-state index contributed by atoms with van der Waals surface area (Å²) in [6.45, 7) is 7.69. The van der Waals surface area contributed by atoms with Crippen LogP contribution in [-0.2, 0) is 6.18 Å². The van der Waals surface area contributed by atoms with Gasteiger partial charge in [-0.15, -0.1) is 0 Å². The average molecular weight is 415 g/mol. The Morgan fingerprint density at radius 3 is 2.11 bits per heavy atom. The number of hydrogen-bond donors (Lipinski definition) is 0. The number of alkyl halides is 3. The molecule has 0 N–H and O–H groups in total. The lowest BCUT2D eigenvalue weighted by Gasteiger charge is -2.12. The van der Waals surface area contributed by atoms with Gasteiger partial charge in [-0.25, -0.2) is 4.98 Å². The van der Waals surface area contributed by atoms with Crippen LogP contribution in [0.25, 0.3) is 11.1 Å². The fraction of sp³-hybridized carbons (Fsp3) is 0.0455. The van der Waals surface area contributed by atoms with Crippen LogP contribution in [0.15, 0.2) is 102 Å². The Hall–Kier alpha value is -2.36. The molecule has 1 aromatic heterocycles. The van der Waals surface area contributed by atoms with Gasteiger partial charge in [0.2, 0.25) is 0 Å².